The van der Waals surface area contributed by atoms with Crippen LogP contribution < -0.4 is 5.73 Å². The lowest BCUT2D eigenvalue weighted by Gasteiger charge is -2.11. The molecule has 0 bridgehead atoms. The number of carbonyl (C=O) groups excluding carboxylic acids is 1. The number of hydrogen-bond donors (Lipinski definition) is 1. The molecular weight excluding hydrogens is 196 g/mol. The van der Waals surface area contributed by atoms with E-state index < -0.39 is 5.91 Å². The van der Waals surface area contributed by atoms with Gasteiger partial charge in [-0.25, -0.2) is 4.68 Å². The highest BCUT2D eigenvalue weighted by atomic mass is 16.5. The molecule has 6 nitrogen and oxygen atoms in total. The van der Waals surface area contributed by atoms with Crippen LogP contribution in [0.15, 0.2) is 0 Å². The zero-order valence-corrected chi connectivity index (χ0v) is 9.23. The first-order valence-corrected chi connectivity index (χ1v) is 4.83. The molecular formula is C9H16N4O2. The van der Waals surface area contributed by atoms with Crippen LogP contribution in [0.4, 0.5) is 0 Å². The van der Waals surface area contributed by atoms with Crippen LogP contribution in [0.3, 0.4) is 0 Å². The van der Waals surface area contributed by atoms with E-state index in [0.29, 0.717) is 12.2 Å². The number of hydrogen-bond acceptors (Lipinski definition) is 4. The summed E-state index contributed by atoms with van der Waals surface area (Å²) in [5.74, 6) is -0.414. The molecule has 6 heteroatoms. The zero-order chi connectivity index (χ0) is 11.4. The van der Waals surface area contributed by atoms with Crippen molar-refractivity contribution in [2.24, 2.45) is 5.73 Å². The highest BCUT2D eigenvalue weighted by Gasteiger charge is 2.19. The monoisotopic (exact) mass is 212 g/mol. The van der Waals surface area contributed by atoms with Crippen LogP contribution in [0.25, 0.3) is 0 Å². The topological polar surface area (TPSA) is 83.0 Å². The van der Waals surface area contributed by atoms with Crippen molar-refractivity contribution in [2.75, 3.05) is 7.11 Å². The van der Waals surface area contributed by atoms with Crippen molar-refractivity contribution in [1.82, 2.24) is 15.0 Å². The second-order valence-electron chi connectivity index (χ2n) is 3.26. The molecule has 0 saturated heterocycles. The molecule has 0 aromatic carbocycles. The predicted molar refractivity (Wildman–Crippen MR) is 54.0 cm³/mol. The van der Waals surface area contributed by atoms with Gasteiger partial charge in [0.2, 0.25) is 5.91 Å². The number of methoxy groups -OCH3 is 1. The summed E-state index contributed by atoms with van der Waals surface area (Å²) in [6, 6.07) is 0. The number of ether oxygens (including phenoxy) is 1. The maximum absolute atomic E-state index is 10.8. The van der Waals surface area contributed by atoms with E-state index in [0.717, 1.165) is 5.69 Å². The van der Waals surface area contributed by atoms with Crippen molar-refractivity contribution in [3.8, 4) is 0 Å². The molecule has 1 aromatic heterocycles. The number of primary amides is 1. The summed E-state index contributed by atoms with van der Waals surface area (Å²) in [5.41, 5.74) is 6.54. The van der Waals surface area contributed by atoms with Crippen LogP contribution in [0, 0.1) is 0 Å². The number of nitrogens with two attached hydrogens (primary N) is 1. The summed E-state index contributed by atoms with van der Waals surface area (Å²) < 4.78 is 6.92. The van der Waals surface area contributed by atoms with Gasteiger partial charge in [-0.2, -0.15) is 0 Å². The van der Waals surface area contributed by atoms with Crippen molar-refractivity contribution in [3.05, 3.63) is 11.4 Å². The second kappa shape index (κ2) is 4.88. The van der Waals surface area contributed by atoms with Crippen molar-refractivity contribution in [1.29, 1.82) is 0 Å². The van der Waals surface area contributed by atoms with Crippen LogP contribution in [-0.4, -0.2) is 28.0 Å². The van der Waals surface area contributed by atoms with Gasteiger partial charge < -0.3 is 10.5 Å². The Balaban J connectivity index is 3.05. The predicted octanol–water partition coefficient (Wildman–Crippen LogP) is 0.0332. The van der Waals surface area contributed by atoms with Crippen molar-refractivity contribution >= 4 is 5.91 Å². The van der Waals surface area contributed by atoms with Crippen molar-refractivity contribution in [3.63, 3.8) is 0 Å². The largest absolute Gasteiger partial charge is 0.375 e. The molecule has 1 heterocycles. The Morgan fingerprint density at radius 3 is 2.80 bits per heavy atom. The van der Waals surface area contributed by atoms with Crippen LogP contribution in [0.5, 0.6) is 0 Å². The quantitative estimate of drug-likeness (QED) is 0.746. The van der Waals surface area contributed by atoms with Crippen molar-refractivity contribution in [2.45, 2.75) is 32.9 Å². The first kappa shape index (κ1) is 11.6. The molecule has 1 aromatic rings. The Kier molecular flexibility index (Phi) is 3.79. The third kappa shape index (κ3) is 2.53. The summed E-state index contributed by atoms with van der Waals surface area (Å²) in [7, 11) is 1.60. The molecule has 0 aliphatic rings. The standard InChI is InChI=1S/C9H16N4O2/c1-4-13-9(6(2)15-3)7(11-12-13)5-8(10)14/h6H,4-5H2,1-3H3,(H2,10,14). The van der Waals surface area contributed by atoms with E-state index in [1.807, 2.05) is 13.8 Å². The number of carbonyl (C=O) groups is 1. The fraction of sp³-hybridized carbons (Fsp3) is 0.667. The van der Waals surface area contributed by atoms with Gasteiger partial charge in [0.05, 0.1) is 23.9 Å². The number of aromatic nitrogens is 3. The molecule has 0 saturated carbocycles. The van der Waals surface area contributed by atoms with Gasteiger partial charge in [0.25, 0.3) is 0 Å². The molecule has 2 N–H and O–H groups in total. The van der Waals surface area contributed by atoms with Gasteiger partial charge in [-0.3, -0.25) is 4.79 Å². The smallest absolute Gasteiger partial charge is 0.223 e. The summed E-state index contributed by atoms with van der Waals surface area (Å²) in [6.07, 6.45) is -0.0439. The lowest BCUT2D eigenvalue weighted by molar-refractivity contribution is -0.117. The van der Waals surface area contributed by atoms with E-state index in [-0.39, 0.29) is 12.5 Å². The van der Waals surface area contributed by atoms with Crippen LogP contribution >= 0.6 is 0 Å². The minimum Gasteiger partial charge on any atom is -0.375 e. The molecule has 0 aliphatic carbocycles. The maximum Gasteiger partial charge on any atom is 0.223 e. The number of aryl methyl sites for hydroxylation is 1. The summed E-state index contributed by atoms with van der Waals surface area (Å²) in [4.78, 5) is 10.8. The van der Waals surface area contributed by atoms with E-state index in [9.17, 15) is 4.79 Å². The van der Waals surface area contributed by atoms with Gasteiger partial charge in [0.1, 0.15) is 0 Å². The first-order chi connectivity index (χ1) is 7.10. The number of nitrogens with zero attached hydrogens (tertiary/aromatic N) is 3. The molecule has 1 atom stereocenters. The minimum absolute atomic E-state index is 0.100. The summed E-state index contributed by atoms with van der Waals surface area (Å²) in [5, 5.41) is 7.86. The molecule has 0 radical (unpaired) electrons. The van der Waals surface area contributed by atoms with Crippen molar-refractivity contribution < 1.29 is 9.53 Å². The van der Waals surface area contributed by atoms with Gasteiger partial charge in [-0.05, 0) is 13.8 Å². The lowest BCUT2D eigenvalue weighted by atomic mass is 10.1. The molecule has 0 spiro atoms. The maximum atomic E-state index is 10.8. The summed E-state index contributed by atoms with van der Waals surface area (Å²) in [6.45, 7) is 4.53. The Hall–Kier alpha value is -1.43. The Morgan fingerprint density at radius 2 is 2.33 bits per heavy atom. The Morgan fingerprint density at radius 1 is 1.67 bits per heavy atom. The van der Waals surface area contributed by atoms with Crippen LogP contribution in [-0.2, 0) is 22.5 Å². The average molecular weight is 212 g/mol. The molecule has 1 amide bonds. The SMILES string of the molecule is CCn1nnc(CC(N)=O)c1C(C)OC. The fourth-order valence-electron chi connectivity index (χ4n) is 1.44. The third-order valence-electron chi connectivity index (χ3n) is 2.23. The normalized spacial score (nSPS) is 12.7. The van der Waals surface area contributed by atoms with Crippen LogP contribution in [0.2, 0.25) is 0 Å². The van der Waals surface area contributed by atoms with Crippen LogP contribution in [0.1, 0.15) is 31.3 Å². The molecule has 0 aliphatic heterocycles. The molecule has 84 valence electrons. The Bertz CT molecular complexity index is 348. The van der Waals surface area contributed by atoms with E-state index in [4.69, 9.17) is 10.5 Å². The number of rotatable bonds is 5. The van der Waals surface area contributed by atoms with Gasteiger partial charge in [-0.1, -0.05) is 5.21 Å². The minimum atomic E-state index is -0.414. The summed E-state index contributed by atoms with van der Waals surface area (Å²) >= 11 is 0. The van der Waals surface area contributed by atoms with E-state index in [2.05, 4.69) is 10.3 Å². The molecule has 1 unspecified atom stereocenters. The zero-order valence-electron chi connectivity index (χ0n) is 9.23. The lowest BCUT2D eigenvalue weighted by Crippen LogP contribution is -2.17. The van der Waals surface area contributed by atoms with Gasteiger partial charge in [0.15, 0.2) is 0 Å². The first-order valence-electron chi connectivity index (χ1n) is 4.83. The third-order valence-corrected chi connectivity index (χ3v) is 2.23. The van der Waals surface area contributed by atoms with Gasteiger partial charge in [0, 0.05) is 13.7 Å². The van der Waals surface area contributed by atoms with E-state index >= 15 is 0 Å². The Labute approximate surface area is 88.4 Å². The average Bonchev–Trinajstić information content (AvgIpc) is 2.58. The molecule has 15 heavy (non-hydrogen) atoms. The molecule has 1 rings (SSSR count). The highest BCUT2D eigenvalue weighted by molar-refractivity contribution is 5.76. The van der Waals surface area contributed by atoms with Gasteiger partial charge >= 0.3 is 0 Å². The molecule has 0 fully saturated rings. The second-order valence-corrected chi connectivity index (χ2v) is 3.26. The van der Waals surface area contributed by atoms with Gasteiger partial charge in [-0.15, -0.1) is 5.10 Å². The highest BCUT2D eigenvalue weighted by Crippen LogP contribution is 2.18. The fourth-order valence-corrected chi connectivity index (χ4v) is 1.44. The van der Waals surface area contributed by atoms with E-state index in [1.54, 1.807) is 11.8 Å². The number of amides is 1. The van der Waals surface area contributed by atoms with E-state index in [1.165, 1.54) is 0 Å².